The van der Waals surface area contributed by atoms with E-state index in [0.29, 0.717) is 23.7 Å². The molecule has 1 fully saturated rings. The van der Waals surface area contributed by atoms with Crippen molar-refractivity contribution in [1.82, 2.24) is 4.90 Å². The van der Waals surface area contributed by atoms with E-state index >= 15 is 0 Å². The van der Waals surface area contributed by atoms with Crippen molar-refractivity contribution in [3.63, 3.8) is 0 Å². The molecule has 176 valence electrons. The highest BCUT2D eigenvalue weighted by molar-refractivity contribution is 5.93. The molecule has 0 aliphatic carbocycles. The van der Waals surface area contributed by atoms with E-state index in [0.717, 1.165) is 19.6 Å². The van der Waals surface area contributed by atoms with Crippen LogP contribution < -0.4 is 24.4 Å². The van der Waals surface area contributed by atoms with E-state index in [1.54, 1.807) is 37.4 Å². The maximum atomic E-state index is 13.3. The zero-order chi connectivity index (χ0) is 23.4. The van der Waals surface area contributed by atoms with Crippen LogP contribution in [0.4, 0.5) is 0 Å². The fourth-order valence-electron chi connectivity index (χ4n) is 4.14. The number of hydrogen-bond donors (Lipinski definition) is 1. The number of benzene rings is 2. The Hall–Kier alpha value is -3.39. The fraction of sp³-hybridized carbons (Fsp3) is 0.400. The molecule has 1 aliphatic heterocycles. The molecule has 2 heterocycles. The van der Waals surface area contributed by atoms with Gasteiger partial charge < -0.3 is 28.5 Å². The molecule has 8 heteroatoms. The van der Waals surface area contributed by atoms with Gasteiger partial charge in [-0.15, -0.1) is 0 Å². The van der Waals surface area contributed by atoms with E-state index in [1.807, 2.05) is 0 Å². The number of rotatable bonds is 8. The average Bonchev–Trinajstić information content (AvgIpc) is 2.86. The van der Waals surface area contributed by atoms with Crippen molar-refractivity contribution >= 4 is 11.0 Å². The number of fused-ring (bicyclic) bond motifs is 1. The van der Waals surface area contributed by atoms with Crippen molar-refractivity contribution in [3.8, 4) is 40.1 Å². The van der Waals surface area contributed by atoms with Crippen LogP contribution in [0.1, 0.15) is 19.3 Å². The number of piperidine rings is 1. The maximum absolute atomic E-state index is 13.3. The number of ether oxygens (including phenoxy) is 4. The van der Waals surface area contributed by atoms with E-state index in [1.165, 1.54) is 33.5 Å². The van der Waals surface area contributed by atoms with Crippen molar-refractivity contribution in [2.45, 2.75) is 19.3 Å². The van der Waals surface area contributed by atoms with Crippen molar-refractivity contribution in [2.75, 3.05) is 47.6 Å². The first-order valence-corrected chi connectivity index (χ1v) is 11.0. The van der Waals surface area contributed by atoms with Crippen molar-refractivity contribution in [1.29, 1.82) is 0 Å². The lowest BCUT2D eigenvalue weighted by Crippen LogP contribution is -2.33. The quantitative estimate of drug-likeness (QED) is 0.544. The summed E-state index contributed by atoms with van der Waals surface area (Å²) in [6.45, 7) is 3.23. The summed E-state index contributed by atoms with van der Waals surface area (Å²) in [5.41, 5.74) is 0.0687. The minimum absolute atomic E-state index is 0.0287. The van der Waals surface area contributed by atoms with E-state index in [9.17, 15) is 9.90 Å². The molecule has 1 aromatic heterocycles. The lowest BCUT2D eigenvalue weighted by Gasteiger charge is -2.26. The van der Waals surface area contributed by atoms with Gasteiger partial charge in [0.05, 0.1) is 21.3 Å². The van der Waals surface area contributed by atoms with Crippen LogP contribution in [0.15, 0.2) is 39.5 Å². The Kier molecular flexibility index (Phi) is 6.93. The van der Waals surface area contributed by atoms with Crippen LogP contribution in [0.25, 0.3) is 22.3 Å². The predicted octanol–water partition coefficient (Wildman–Crippen LogP) is 4.06. The molecule has 2 aromatic carbocycles. The molecule has 1 aliphatic rings. The summed E-state index contributed by atoms with van der Waals surface area (Å²) in [5, 5.41) is 10.9. The van der Waals surface area contributed by atoms with Gasteiger partial charge in [0.25, 0.3) is 0 Å². The van der Waals surface area contributed by atoms with E-state index in [2.05, 4.69) is 4.90 Å². The SMILES string of the molecule is COc1ccc(-c2oc3c(OC)c(OC)cc(OCCN4CCCCC4)c3c(=O)c2O)cc1. The molecule has 1 N–H and O–H groups in total. The first-order valence-electron chi connectivity index (χ1n) is 11.0. The van der Waals surface area contributed by atoms with Gasteiger partial charge in [-0.2, -0.15) is 0 Å². The van der Waals surface area contributed by atoms with Crippen LogP contribution in [-0.4, -0.2) is 57.6 Å². The van der Waals surface area contributed by atoms with Crippen LogP contribution in [-0.2, 0) is 0 Å². The molecule has 8 nitrogen and oxygen atoms in total. The van der Waals surface area contributed by atoms with Gasteiger partial charge in [-0.25, -0.2) is 0 Å². The monoisotopic (exact) mass is 455 g/mol. The molecule has 0 unspecified atom stereocenters. The first kappa shape index (κ1) is 22.8. The smallest absolute Gasteiger partial charge is 0.238 e. The minimum atomic E-state index is -0.601. The number of hydrogen-bond acceptors (Lipinski definition) is 8. The van der Waals surface area contributed by atoms with Crippen LogP contribution in [0.5, 0.6) is 28.7 Å². The third-order valence-corrected chi connectivity index (χ3v) is 5.92. The second-order valence-corrected chi connectivity index (χ2v) is 7.90. The van der Waals surface area contributed by atoms with Gasteiger partial charge >= 0.3 is 0 Å². The minimum Gasteiger partial charge on any atom is -0.502 e. The fourth-order valence-corrected chi connectivity index (χ4v) is 4.14. The second kappa shape index (κ2) is 10.0. The predicted molar refractivity (Wildman–Crippen MR) is 125 cm³/mol. The van der Waals surface area contributed by atoms with Gasteiger partial charge in [0.2, 0.25) is 16.9 Å². The van der Waals surface area contributed by atoms with E-state index in [-0.39, 0.29) is 28.2 Å². The van der Waals surface area contributed by atoms with Crippen molar-refractivity contribution in [2.24, 2.45) is 0 Å². The molecule has 1 saturated heterocycles. The lowest BCUT2D eigenvalue weighted by atomic mass is 10.1. The highest BCUT2D eigenvalue weighted by atomic mass is 16.5. The largest absolute Gasteiger partial charge is 0.502 e. The van der Waals surface area contributed by atoms with Gasteiger partial charge in [0.1, 0.15) is 23.5 Å². The number of nitrogens with zero attached hydrogens (tertiary/aromatic N) is 1. The van der Waals surface area contributed by atoms with Crippen LogP contribution >= 0.6 is 0 Å². The summed E-state index contributed by atoms with van der Waals surface area (Å²) >= 11 is 0. The third kappa shape index (κ3) is 4.57. The zero-order valence-corrected chi connectivity index (χ0v) is 19.2. The molecule has 0 bridgehead atoms. The highest BCUT2D eigenvalue weighted by Crippen LogP contribution is 2.43. The topological polar surface area (TPSA) is 90.6 Å². The Bertz CT molecular complexity index is 1160. The molecule has 33 heavy (non-hydrogen) atoms. The number of aromatic hydroxyl groups is 1. The summed E-state index contributed by atoms with van der Waals surface area (Å²) in [7, 11) is 4.53. The summed E-state index contributed by atoms with van der Waals surface area (Å²) in [6.07, 6.45) is 3.63. The molecule has 0 spiro atoms. The van der Waals surface area contributed by atoms with Crippen LogP contribution in [0, 0.1) is 0 Å². The highest BCUT2D eigenvalue weighted by Gasteiger charge is 2.25. The van der Waals surface area contributed by atoms with Gasteiger partial charge in [-0.1, -0.05) is 6.42 Å². The number of methoxy groups -OCH3 is 3. The van der Waals surface area contributed by atoms with Crippen LogP contribution in [0.2, 0.25) is 0 Å². The zero-order valence-electron chi connectivity index (χ0n) is 19.2. The standard InChI is InChI=1S/C25H29NO7/c1-29-17-9-7-16(8-10-17)23-22(28)21(27)20-18(32-14-13-26-11-5-4-6-12-26)15-19(30-2)24(31-3)25(20)33-23/h7-10,15,28H,4-6,11-14H2,1-3H3. The van der Waals surface area contributed by atoms with E-state index < -0.39 is 11.2 Å². The summed E-state index contributed by atoms with van der Waals surface area (Å²) in [4.78, 5) is 15.6. The normalized spacial score (nSPS) is 14.3. The third-order valence-electron chi connectivity index (χ3n) is 5.92. The summed E-state index contributed by atoms with van der Waals surface area (Å²) in [5.74, 6) is 1.08. The average molecular weight is 456 g/mol. The molecule has 0 atom stereocenters. The second-order valence-electron chi connectivity index (χ2n) is 7.90. The Labute approximate surface area is 192 Å². The molecule has 0 amide bonds. The van der Waals surface area contributed by atoms with Crippen LogP contribution in [0.3, 0.4) is 0 Å². The molecular weight excluding hydrogens is 426 g/mol. The molecule has 0 radical (unpaired) electrons. The van der Waals surface area contributed by atoms with Gasteiger partial charge in [0.15, 0.2) is 17.1 Å². The Balaban J connectivity index is 1.78. The summed E-state index contributed by atoms with van der Waals surface area (Å²) < 4.78 is 28.2. The lowest BCUT2D eigenvalue weighted by molar-refractivity contribution is 0.184. The van der Waals surface area contributed by atoms with Crippen molar-refractivity contribution < 1.29 is 28.5 Å². The first-order chi connectivity index (χ1) is 16.1. The molecular formula is C25H29NO7. The van der Waals surface area contributed by atoms with Gasteiger partial charge in [-0.05, 0) is 50.2 Å². The Morgan fingerprint density at radius 3 is 2.33 bits per heavy atom. The number of likely N-dealkylation sites (tertiary alicyclic amines) is 1. The molecule has 0 saturated carbocycles. The molecule has 4 rings (SSSR count). The van der Waals surface area contributed by atoms with E-state index in [4.69, 9.17) is 23.4 Å². The van der Waals surface area contributed by atoms with Gasteiger partial charge in [-0.3, -0.25) is 9.69 Å². The Morgan fingerprint density at radius 2 is 1.70 bits per heavy atom. The van der Waals surface area contributed by atoms with Crippen molar-refractivity contribution in [3.05, 3.63) is 40.6 Å². The van der Waals surface area contributed by atoms with Gasteiger partial charge in [0, 0.05) is 18.2 Å². The maximum Gasteiger partial charge on any atom is 0.238 e. The summed E-state index contributed by atoms with van der Waals surface area (Å²) in [6, 6.07) is 8.44. The Morgan fingerprint density at radius 1 is 0.970 bits per heavy atom. The molecule has 3 aromatic rings.